The Hall–Kier alpha value is -7.10. The molecule has 0 saturated carbocycles. The normalized spacial score (nSPS) is 14.8. The minimum Gasteiger partial charge on any atom is -0.480 e. The molecule has 1 aromatic carbocycles. The van der Waals surface area contributed by atoms with Gasteiger partial charge in [0.05, 0.1) is 32.3 Å². The number of primary amides is 4. The van der Waals surface area contributed by atoms with E-state index in [1.165, 1.54) is 12.1 Å². The maximum atomic E-state index is 11.8. The first-order valence-electron chi connectivity index (χ1n) is 19.7. The zero-order chi connectivity index (χ0) is 53.3. The van der Waals surface area contributed by atoms with Crippen LogP contribution in [0, 0.1) is 0 Å². The van der Waals surface area contributed by atoms with Crippen LogP contribution in [0.25, 0.3) is 0 Å². The number of nitrogens with two attached hydrogens (primary N) is 11. The van der Waals surface area contributed by atoms with Gasteiger partial charge in [-0.05, 0) is 49.9 Å². The monoisotopic (exact) mass is 978 g/mol. The van der Waals surface area contributed by atoms with E-state index < -0.39 is 127 Å². The quantitative estimate of drug-likeness (QED) is 0.0291. The summed E-state index contributed by atoms with van der Waals surface area (Å²) in [6, 6.07) is -1.03. The minimum absolute atomic E-state index is 0.0169. The molecule has 27 N–H and O–H groups in total. The number of aliphatic carboxylic acids is 3. The van der Waals surface area contributed by atoms with Gasteiger partial charge in [-0.1, -0.05) is 12.1 Å². The first kappa shape index (κ1) is 65.2. The average molecular weight is 979 g/mol. The van der Waals surface area contributed by atoms with E-state index in [9.17, 15) is 57.5 Å². The Morgan fingerprint density at radius 2 is 1.04 bits per heavy atom. The van der Waals surface area contributed by atoms with Crippen LogP contribution in [0.4, 0.5) is 0 Å². The summed E-state index contributed by atoms with van der Waals surface area (Å²) >= 11 is 0. The highest BCUT2D eigenvalue weighted by Crippen LogP contribution is 2.15. The summed E-state index contributed by atoms with van der Waals surface area (Å²) < 4.78 is 13.9. The van der Waals surface area contributed by atoms with E-state index in [4.69, 9.17) is 82.5 Å². The van der Waals surface area contributed by atoms with Crippen molar-refractivity contribution < 1.29 is 92.2 Å². The number of carbonyl (C=O) groups is 12. The summed E-state index contributed by atoms with van der Waals surface area (Å²) in [7, 11) is 0. The third-order valence-electron chi connectivity index (χ3n) is 7.73. The van der Waals surface area contributed by atoms with Gasteiger partial charge in [0.25, 0.3) is 0 Å². The molecule has 0 unspecified atom stereocenters. The number of hydrogen-bond donors (Lipinski definition) is 16. The van der Waals surface area contributed by atoms with Crippen LogP contribution in [0.3, 0.4) is 0 Å². The molecule has 31 heteroatoms. The molecule has 1 heterocycles. The van der Waals surface area contributed by atoms with Gasteiger partial charge in [-0.15, -0.1) is 0 Å². The van der Waals surface area contributed by atoms with Crippen molar-refractivity contribution in [1.29, 1.82) is 0 Å². The van der Waals surface area contributed by atoms with Gasteiger partial charge in [0.15, 0.2) is 0 Å². The van der Waals surface area contributed by atoms with Crippen LogP contribution < -0.4 is 73.1 Å². The zero-order valence-electron chi connectivity index (χ0n) is 36.6. The summed E-state index contributed by atoms with van der Waals surface area (Å²) in [5.41, 5.74) is 56.5. The molecule has 1 saturated heterocycles. The van der Waals surface area contributed by atoms with Gasteiger partial charge in [-0.25, -0.2) is 19.2 Å². The average Bonchev–Trinajstić information content (AvgIpc) is 3.79. The lowest BCUT2D eigenvalue weighted by Gasteiger charge is -2.12. The molecule has 384 valence electrons. The van der Waals surface area contributed by atoms with Gasteiger partial charge >= 0.3 is 47.8 Å². The third-order valence-corrected chi connectivity index (χ3v) is 7.73. The SMILES string of the molecule is NC(=O)C[C@@H](N)C(=O)O.NC(=O)C[C@H](N)C(=O)OC(=O)[C@@H](N)CC(N)=O.NCCC(=O)OC(=O)[C@H](N)Cc1ccc(OC(=O)[C@@H](N)CCC(N)=O)cc1.N[C@@H](CO)C(=O)O.O=C(O)[C@@H]1CCCN1. The number of carboxylic acid groups (broad SMARTS) is 3. The fraction of sp³-hybridized carbons (Fsp3) is 0.514. The largest absolute Gasteiger partial charge is 0.480 e. The van der Waals surface area contributed by atoms with Crippen molar-refractivity contribution in [1.82, 2.24) is 5.32 Å². The van der Waals surface area contributed by atoms with Crippen LogP contribution >= 0.6 is 0 Å². The van der Waals surface area contributed by atoms with E-state index in [1.807, 2.05) is 0 Å². The van der Waals surface area contributed by atoms with E-state index in [2.05, 4.69) is 20.5 Å². The van der Waals surface area contributed by atoms with Crippen molar-refractivity contribution in [2.45, 2.75) is 100 Å². The number of benzene rings is 1. The van der Waals surface area contributed by atoms with E-state index in [1.54, 1.807) is 12.1 Å². The lowest BCUT2D eigenvalue weighted by molar-refractivity contribution is -0.163. The Labute approximate surface area is 387 Å². The number of carbonyl (C=O) groups excluding carboxylic acids is 9. The van der Waals surface area contributed by atoms with Gasteiger partial charge in [-0.3, -0.25) is 38.4 Å². The highest BCUT2D eigenvalue weighted by molar-refractivity contribution is 5.94. The first-order chi connectivity index (χ1) is 31.5. The third kappa shape index (κ3) is 34.3. The van der Waals surface area contributed by atoms with Crippen molar-refractivity contribution >= 4 is 71.4 Å². The number of carboxylic acids is 3. The van der Waals surface area contributed by atoms with Crippen molar-refractivity contribution in [3.8, 4) is 5.75 Å². The Kier molecular flexibility index (Phi) is 34.6. The van der Waals surface area contributed by atoms with E-state index in [-0.39, 0.29) is 50.4 Å². The number of rotatable bonds is 22. The molecule has 1 aromatic rings. The second-order valence-corrected chi connectivity index (χ2v) is 13.8. The first-order valence-corrected chi connectivity index (χ1v) is 19.7. The Morgan fingerprint density at radius 1 is 0.588 bits per heavy atom. The van der Waals surface area contributed by atoms with Crippen molar-refractivity contribution in [3.63, 3.8) is 0 Å². The van der Waals surface area contributed by atoms with E-state index >= 15 is 0 Å². The lowest BCUT2D eigenvalue weighted by Crippen LogP contribution is -2.42. The molecule has 0 aromatic heterocycles. The predicted molar refractivity (Wildman–Crippen MR) is 230 cm³/mol. The van der Waals surface area contributed by atoms with Gasteiger partial charge in [-0.2, -0.15) is 0 Å². The van der Waals surface area contributed by atoms with Crippen LogP contribution in [-0.2, 0) is 73.4 Å². The molecule has 68 heavy (non-hydrogen) atoms. The fourth-order valence-corrected chi connectivity index (χ4v) is 4.12. The van der Waals surface area contributed by atoms with Crippen LogP contribution in [0.1, 0.15) is 56.9 Å². The molecular formula is C37H62N12O19. The summed E-state index contributed by atoms with van der Waals surface area (Å²) in [6.07, 6.45) is 0.681. The Bertz CT molecular complexity index is 1820. The number of ether oxygens (including phenoxy) is 3. The Balaban J connectivity index is -0.000000871. The molecule has 0 bridgehead atoms. The Morgan fingerprint density at radius 3 is 1.37 bits per heavy atom. The second kappa shape index (κ2) is 36.1. The smallest absolute Gasteiger partial charge is 0.331 e. The number of esters is 5. The van der Waals surface area contributed by atoms with E-state index in [0.717, 1.165) is 19.4 Å². The maximum absolute atomic E-state index is 11.8. The van der Waals surface area contributed by atoms with Gasteiger partial charge < -0.3 is 103 Å². The highest BCUT2D eigenvalue weighted by Gasteiger charge is 2.26. The number of aliphatic hydroxyl groups is 1. The zero-order valence-corrected chi connectivity index (χ0v) is 36.6. The van der Waals surface area contributed by atoms with Gasteiger partial charge in [0.1, 0.15) is 48.0 Å². The second-order valence-electron chi connectivity index (χ2n) is 13.8. The van der Waals surface area contributed by atoms with E-state index in [0.29, 0.717) is 5.56 Å². The molecule has 1 aliphatic rings. The van der Waals surface area contributed by atoms with Crippen LogP contribution in [-0.4, -0.2) is 154 Å². The molecule has 7 atom stereocenters. The van der Waals surface area contributed by atoms with Gasteiger partial charge in [0, 0.05) is 13.0 Å². The standard InChI is InChI=1S/C17H24N4O6.C8H14N4O5.C5H9NO2.C4H8N2O3.C3H7NO3/c18-8-7-15(23)27-17(25)13(20)9-10-1-3-11(4-2-10)26-16(24)12(19)5-6-14(21)22;9-3(1-5(11)13)7(15)17-8(16)4(10)2-6(12)14;7-5(8)4-2-1-3-6-4;5-2(4(8)9)1-3(6)7;4-2(1-5)3(6)7/h1-4,12-13H,5-9,18-20H2,(H2,21,22);3-4H,1-2,9-10H2,(H2,11,13)(H2,12,14);4,6H,1-3H2,(H,7,8);2H,1,5H2,(H2,6,7)(H,8,9);2,5H,1,4H2,(H,6,7)/t12-,13+;3-,4-;4-;2*2-/m00010/s1. The number of nitrogens with one attached hydrogen (secondary N) is 1. The summed E-state index contributed by atoms with van der Waals surface area (Å²) in [5.74, 6) is -10.3. The van der Waals surface area contributed by atoms with Crippen LogP contribution in [0.15, 0.2) is 24.3 Å². The van der Waals surface area contributed by atoms with Gasteiger partial charge in [0.2, 0.25) is 23.6 Å². The number of amides is 4. The van der Waals surface area contributed by atoms with Crippen LogP contribution in [0.5, 0.6) is 5.75 Å². The molecule has 0 aliphatic carbocycles. The molecule has 31 nitrogen and oxygen atoms in total. The molecule has 1 fully saturated rings. The summed E-state index contributed by atoms with van der Waals surface area (Å²) in [4.78, 5) is 128. The van der Waals surface area contributed by atoms with Crippen molar-refractivity contribution in [3.05, 3.63) is 29.8 Å². The highest BCUT2D eigenvalue weighted by atomic mass is 16.6. The minimum atomic E-state index is -1.35. The molecule has 1 aliphatic heterocycles. The van der Waals surface area contributed by atoms with Crippen molar-refractivity contribution in [2.75, 3.05) is 19.7 Å². The topological polar surface area (TPSA) is 612 Å². The van der Waals surface area contributed by atoms with Crippen molar-refractivity contribution in [2.24, 2.45) is 63.1 Å². The summed E-state index contributed by atoms with van der Waals surface area (Å²) in [5, 5.41) is 35.2. The molecular weight excluding hydrogens is 916 g/mol. The predicted octanol–water partition coefficient (Wildman–Crippen LogP) is -8.58. The maximum Gasteiger partial charge on any atom is 0.331 e. The molecule has 0 radical (unpaired) electrons. The molecule has 0 spiro atoms. The molecule has 2 rings (SSSR count). The summed E-state index contributed by atoms with van der Waals surface area (Å²) in [6.45, 7) is 0.431. The lowest BCUT2D eigenvalue weighted by atomic mass is 10.1. The number of aliphatic hydroxyl groups excluding tert-OH is 1. The fourth-order valence-electron chi connectivity index (χ4n) is 4.12. The number of hydrogen-bond acceptors (Lipinski definition) is 24. The molecule has 4 amide bonds. The van der Waals surface area contributed by atoms with Crippen LogP contribution in [0.2, 0.25) is 0 Å².